The molecule has 0 aliphatic rings. The van der Waals surface area contributed by atoms with Gasteiger partial charge in [-0.2, -0.15) is 0 Å². The van der Waals surface area contributed by atoms with Crippen LogP contribution in [0.1, 0.15) is 55.5 Å². The number of H-pyrrole nitrogens is 2. The number of hydrogen-bond donors (Lipinski definition) is 3. The molecule has 3 N–H and O–H groups in total. The lowest BCUT2D eigenvalue weighted by molar-refractivity contribution is 0.438. The third kappa shape index (κ3) is 3.31. The smallest absolute Gasteiger partial charge is 0.333 e. The Hall–Kier alpha value is -2.57. The molecule has 2 rings (SSSR count). The molecule has 0 spiro atoms. The zero-order valence-electron chi connectivity index (χ0n) is 15.5. The molecule has 136 valence electrons. The van der Waals surface area contributed by atoms with Crippen molar-refractivity contribution in [3.05, 3.63) is 59.3 Å². The van der Waals surface area contributed by atoms with E-state index in [0.29, 0.717) is 11.1 Å². The van der Waals surface area contributed by atoms with Crippen LogP contribution in [0, 0.1) is 13.8 Å². The van der Waals surface area contributed by atoms with Crippen LogP contribution in [0.15, 0.2) is 14.4 Å². The topological polar surface area (TPSA) is 108 Å². The number of aromatic nitrogens is 3. The van der Waals surface area contributed by atoms with Gasteiger partial charge in [0.05, 0.1) is 6.54 Å². The maximum Gasteiger partial charge on any atom is 0.333 e. The molecule has 2 aromatic rings. The van der Waals surface area contributed by atoms with Crippen LogP contribution < -0.4 is 17.1 Å². The van der Waals surface area contributed by atoms with Crippen LogP contribution in [-0.4, -0.2) is 19.6 Å². The van der Waals surface area contributed by atoms with E-state index in [0.717, 1.165) is 27.7 Å². The summed E-state index contributed by atoms with van der Waals surface area (Å²) in [7, 11) is 0. The second-order valence-corrected chi connectivity index (χ2v) is 7.31. The zero-order valence-corrected chi connectivity index (χ0v) is 15.5. The third-order valence-electron chi connectivity index (χ3n) is 4.60. The Balaban J connectivity index is 2.77. The number of rotatable bonds is 3. The minimum atomic E-state index is -0.833. The van der Waals surface area contributed by atoms with Crippen LogP contribution in [0.4, 0.5) is 0 Å². The largest absolute Gasteiger partial charge is 0.507 e. The molecule has 1 aromatic heterocycles. The van der Waals surface area contributed by atoms with E-state index in [1.807, 2.05) is 34.6 Å². The van der Waals surface area contributed by atoms with Gasteiger partial charge in [0.2, 0.25) is 0 Å². The lowest BCUT2D eigenvalue weighted by atomic mass is 9.78. The number of phenols is 1. The minimum Gasteiger partial charge on any atom is -0.507 e. The predicted molar refractivity (Wildman–Crippen MR) is 96.7 cm³/mol. The molecule has 0 atom stereocenters. The molecule has 25 heavy (non-hydrogen) atoms. The normalized spacial score (nSPS) is 11.8. The van der Waals surface area contributed by atoms with Crippen molar-refractivity contribution in [1.29, 1.82) is 0 Å². The predicted octanol–water partition coefficient (Wildman–Crippen LogP) is 1.46. The van der Waals surface area contributed by atoms with Gasteiger partial charge >= 0.3 is 17.1 Å². The van der Waals surface area contributed by atoms with E-state index in [9.17, 15) is 19.5 Å². The molecule has 0 saturated heterocycles. The van der Waals surface area contributed by atoms with Crippen molar-refractivity contribution >= 4 is 0 Å². The van der Waals surface area contributed by atoms with Crippen LogP contribution in [-0.2, 0) is 18.4 Å². The fraction of sp³-hybridized carbons (Fsp3) is 0.500. The first-order chi connectivity index (χ1) is 11.5. The van der Waals surface area contributed by atoms with E-state index in [4.69, 9.17) is 0 Å². The lowest BCUT2D eigenvalue weighted by Crippen LogP contribution is -2.43. The first-order valence-corrected chi connectivity index (χ1v) is 8.26. The summed E-state index contributed by atoms with van der Waals surface area (Å²) in [5.74, 6) is 0.193. The summed E-state index contributed by atoms with van der Waals surface area (Å²) in [6, 6.07) is 0. The molecule has 0 fully saturated rings. The molecule has 0 aliphatic heterocycles. The molecule has 0 amide bonds. The summed E-state index contributed by atoms with van der Waals surface area (Å²) < 4.78 is 0.923. The van der Waals surface area contributed by atoms with Gasteiger partial charge in [0.1, 0.15) is 5.75 Å². The van der Waals surface area contributed by atoms with Crippen molar-refractivity contribution in [2.75, 3.05) is 0 Å². The van der Waals surface area contributed by atoms with Crippen LogP contribution in [0.5, 0.6) is 5.75 Å². The highest BCUT2D eigenvalue weighted by molar-refractivity contribution is 5.56. The number of aromatic amines is 2. The van der Waals surface area contributed by atoms with Crippen molar-refractivity contribution < 1.29 is 5.11 Å². The molecule has 1 aromatic carbocycles. The fourth-order valence-corrected chi connectivity index (χ4v) is 3.37. The molecule has 0 aliphatic carbocycles. The maximum atomic E-state index is 12.0. The first-order valence-electron chi connectivity index (χ1n) is 8.26. The Labute approximate surface area is 145 Å². The van der Waals surface area contributed by atoms with E-state index in [2.05, 4.69) is 9.97 Å². The number of nitrogens with one attached hydrogen (secondary N) is 2. The van der Waals surface area contributed by atoms with Gasteiger partial charge in [0, 0.05) is 5.56 Å². The highest BCUT2D eigenvalue weighted by Crippen LogP contribution is 2.40. The second kappa shape index (κ2) is 6.38. The van der Waals surface area contributed by atoms with Gasteiger partial charge in [-0.05, 0) is 47.9 Å². The maximum absolute atomic E-state index is 12.0. The SMILES string of the molecule is CCc1c(C)c(Cn2c(=O)[nH]c(=O)[nH]c2=O)c(C)c(O)c1C(C)(C)C. The highest BCUT2D eigenvalue weighted by atomic mass is 16.3. The molecule has 7 heteroatoms. The molecule has 7 nitrogen and oxygen atoms in total. The average Bonchev–Trinajstić information content (AvgIpc) is 2.47. The van der Waals surface area contributed by atoms with E-state index < -0.39 is 17.1 Å². The highest BCUT2D eigenvalue weighted by Gasteiger charge is 2.27. The minimum absolute atomic E-state index is 0.0202. The van der Waals surface area contributed by atoms with Gasteiger partial charge in [0.25, 0.3) is 0 Å². The van der Waals surface area contributed by atoms with Gasteiger partial charge in [-0.3, -0.25) is 9.97 Å². The number of nitrogens with zero attached hydrogens (tertiary/aromatic N) is 1. The summed E-state index contributed by atoms with van der Waals surface area (Å²) >= 11 is 0. The molecule has 0 radical (unpaired) electrons. The van der Waals surface area contributed by atoms with Gasteiger partial charge < -0.3 is 5.11 Å². The average molecular weight is 347 g/mol. The van der Waals surface area contributed by atoms with Gasteiger partial charge in [-0.15, -0.1) is 0 Å². The summed E-state index contributed by atoms with van der Waals surface area (Å²) in [6.07, 6.45) is 0.718. The standard InChI is InChI=1S/C18H25N3O4/c1-7-11-9(2)12(10(3)14(22)13(11)18(4,5)6)8-21-16(24)19-15(23)20-17(21)25/h22H,7-8H2,1-6H3,(H2,19,20,23,24,25). The quantitative estimate of drug-likeness (QED) is 0.781. The van der Waals surface area contributed by atoms with Crippen molar-refractivity contribution in [1.82, 2.24) is 14.5 Å². The van der Waals surface area contributed by atoms with Gasteiger partial charge in [-0.25, -0.2) is 19.0 Å². The summed E-state index contributed by atoms with van der Waals surface area (Å²) in [6.45, 7) is 11.8. The Morgan fingerprint density at radius 1 is 0.960 bits per heavy atom. The Kier molecular flexibility index (Phi) is 4.79. The molecule has 0 saturated carbocycles. The second-order valence-electron chi connectivity index (χ2n) is 7.31. The summed E-state index contributed by atoms with van der Waals surface area (Å²) in [4.78, 5) is 39.3. The molecular formula is C18H25N3O4. The van der Waals surface area contributed by atoms with Crippen LogP contribution in [0.2, 0.25) is 0 Å². The molecule has 0 unspecified atom stereocenters. The Bertz CT molecular complexity index is 953. The van der Waals surface area contributed by atoms with E-state index >= 15 is 0 Å². The molecular weight excluding hydrogens is 322 g/mol. The monoisotopic (exact) mass is 347 g/mol. The van der Waals surface area contributed by atoms with Crippen molar-refractivity contribution in [3.8, 4) is 5.75 Å². The van der Waals surface area contributed by atoms with Crippen LogP contribution in [0.3, 0.4) is 0 Å². The van der Waals surface area contributed by atoms with Crippen LogP contribution >= 0.6 is 0 Å². The summed E-state index contributed by atoms with van der Waals surface area (Å²) in [5.41, 5.74) is 1.57. The van der Waals surface area contributed by atoms with E-state index in [1.54, 1.807) is 6.92 Å². The van der Waals surface area contributed by atoms with Crippen molar-refractivity contribution in [2.24, 2.45) is 0 Å². The molecule has 1 heterocycles. The molecule has 0 bridgehead atoms. The zero-order chi connectivity index (χ0) is 19.1. The number of benzene rings is 1. The number of aromatic hydroxyl groups is 1. The van der Waals surface area contributed by atoms with E-state index in [1.165, 1.54) is 0 Å². The van der Waals surface area contributed by atoms with Crippen molar-refractivity contribution in [2.45, 2.75) is 59.9 Å². The lowest BCUT2D eigenvalue weighted by Gasteiger charge is -2.28. The van der Waals surface area contributed by atoms with Crippen LogP contribution in [0.25, 0.3) is 0 Å². The van der Waals surface area contributed by atoms with Crippen molar-refractivity contribution in [3.63, 3.8) is 0 Å². The first kappa shape index (κ1) is 18.8. The Morgan fingerprint density at radius 3 is 1.92 bits per heavy atom. The number of phenolic OH excluding ortho intramolecular Hbond substituents is 1. The number of hydrogen-bond acceptors (Lipinski definition) is 4. The van der Waals surface area contributed by atoms with Gasteiger partial charge in [-0.1, -0.05) is 27.7 Å². The van der Waals surface area contributed by atoms with Gasteiger partial charge in [0.15, 0.2) is 0 Å². The van der Waals surface area contributed by atoms with E-state index in [-0.39, 0.29) is 17.7 Å². The third-order valence-corrected chi connectivity index (χ3v) is 4.60. The Morgan fingerprint density at radius 2 is 1.48 bits per heavy atom. The fourth-order valence-electron chi connectivity index (χ4n) is 3.37. The summed E-state index contributed by atoms with van der Waals surface area (Å²) in [5, 5.41) is 10.8.